The van der Waals surface area contributed by atoms with Gasteiger partial charge in [0.2, 0.25) is 0 Å². The first kappa shape index (κ1) is 12.4. The Kier molecular flexibility index (Phi) is 4.40. The van der Waals surface area contributed by atoms with Crippen LogP contribution in [0, 0.1) is 0 Å². The van der Waals surface area contributed by atoms with Gasteiger partial charge in [-0.3, -0.25) is 0 Å². The Morgan fingerprint density at radius 3 is 2.59 bits per heavy atom. The van der Waals surface area contributed by atoms with Crippen LogP contribution in [-0.4, -0.2) is 25.9 Å². The van der Waals surface area contributed by atoms with E-state index in [4.69, 9.17) is 14.2 Å². The van der Waals surface area contributed by atoms with Crippen molar-refractivity contribution < 1.29 is 14.2 Å². The quantitative estimate of drug-likeness (QED) is 0.682. The van der Waals surface area contributed by atoms with Gasteiger partial charge >= 0.3 is 0 Å². The second kappa shape index (κ2) is 6.03. The molecule has 2 atom stereocenters. The average Bonchev–Trinajstić information content (AvgIpc) is 3.09. The van der Waals surface area contributed by atoms with Gasteiger partial charge in [0.15, 0.2) is 0 Å². The Bertz CT molecular complexity index is 334. The van der Waals surface area contributed by atoms with E-state index in [2.05, 4.69) is 6.92 Å². The molecule has 2 rings (SSSR count). The van der Waals surface area contributed by atoms with E-state index in [1.807, 2.05) is 24.3 Å². The molecule has 1 saturated heterocycles. The van der Waals surface area contributed by atoms with Crippen LogP contribution in [0.3, 0.4) is 0 Å². The predicted molar refractivity (Wildman–Crippen MR) is 66.2 cm³/mol. The summed E-state index contributed by atoms with van der Waals surface area (Å²) in [6.45, 7) is 3.52. The third-order valence-electron chi connectivity index (χ3n) is 2.97. The molecule has 94 valence electrons. The number of ether oxygens (including phenoxy) is 3. The minimum absolute atomic E-state index is 0.327. The third-order valence-corrected chi connectivity index (χ3v) is 2.97. The molecular weight excluding hydrogens is 216 g/mol. The molecule has 0 spiro atoms. The highest BCUT2D eigenvalue weighted by atomic mass is 16.6. The smallest absolute Gasteiger partial charge is 0.118 e. The SMILES string of the molecule is CCC[C@H]1O[C@H]1COCc1ccc(OC)cc1. The Morgan fingerprint density at radius 1 is 1.18 bits per heavy atom. The molecule has 0 unspecified atom stereocenters. The van der Waals surface area contributed by atoms with E-state index in [9.17, 15) is 0 Å². The maximum absolute atomic E-state index is 5.63. The van der Waals surface area contributed by atoms with Crippen molar-refractivity contribution in [2.75, 3.05) is 13.7 Å². The topological polar surface area (TPSA) is 31.0 Å². The van der Waals surface area contributed by atoms with Crippen LogP contribution in [0.5, 0.6) is 5.75 Å². The second-order valence-corrected chi connectivity index (χ2v) is 4.36. The van der Waals surface area contributed by atoms with Gasteiger partial charge < -0.3 is 14.2 Å². The van der Waals surface area contributed by atoms with E-state index in [0.717, 1.165) is 12.2 Å². The van der Waals surface area contributed by atoms with E-state index in [-0.39, 0.29) is 0 Å². The highest BCUT2D eigenvalue weighted by Crippen LogP contribution is 2.26. The summed E-state index contributed by atoms with van der Waals surface area (Å²) in [6, 6.07) is 7.95. The number of benzene rings is 1. The van der Waals surface area contributed by atoms with E-state index >= 15 is 0 Å². The normalized spacial score (nSPS) is 22.5. The molecule has 1 aliphatic rings. The molecular formula is C14H20O3. The lowest BCUT2D eigenvalue weighted by Crippen LogP contribution is -2.04. The van der Waals surface area contributed by atoms with Crippen molar-refractivity contribution in [2.45, 2.75) is 38.6 Å². The fraction of sp³-hybridized carbons (Fsp3) is 0.571. The van der Waals surface area contributed by atoms with Gasteiger partial charge in [0.25, 0.3) is 0 Å². The highest BCUT2D eigenvalue weighted by molar-refractivity contribution is 5.26. The molecule has 0 N–H and O–H groups in total. The summed E-state index contributed by atoms with van der Waals surface area (Å²) in [6.07, 6.45) is 3.10. The Labute approximate surface area is 103 Å². The summed E-state index contributed by atoms with van der Waals surface area (Å²) < 4.78 is 16.2. The second-order valence-electron chi connectivity index (χ2n) is 4.36. The highest BCUT2D eigenvalue weighted by Gasteiger charge is 2.37. The fourth-order valence-electron chi connectivity index (χ4n) is 1.88. The van der Waals surface area contributed by atoms with E-state index < -0.39 is 0 Å². The summed E-state index contributed by atoms with van der Waals surface area (Å²) in [5.41, 5.74) is 1.17. The Balaban J connectivity index is 1.65. The van der Waals surface area contributed by atoms with Crippen molar-refractivity contribution in [3.63, 3.8) is 0 Å². The third kappa shape index (κ3) is 3.72. The first-order valence-electron chi connectivity index (χ1n) is 6.19. The van der Waals surface area contributed by atoms with Gasteiger partial charge in [-0.05, 0) is 24.1 Å². The maximum Gasteiger partial charge on any atom is 0.118 e. The lowest BCUT2D eigenvalue weighted by molar-refractivity contribution is 0.104. The number of hydrogen-bond donors (Lipinski definition) is 0. The zero-order valence-corrected chi connectivity index (χ0v) is 10.5. The van der Waals surface area contributed by atoms with Crippen LogP contribution in [0.1, 0.15) is 25.3 Å². The van der Waals surface area contributed by atoms with E-state index in [1.54, 1.807) is 7.11 Å². The lowest BCUT2D eigenvalue weighted by atomic mass is 10.2. The molecule has 0 radical (unpaired) electrons. The number of hydrogen-bond acceptors (Lipinski definition) is 3. The number of methoxy groups -OCH3 is 1. The van der Waals surface area contributed by atoms with Crippen LogP contribution in [0.15, 0.2) is 24.3 Å². The van der Waals surface area contributed by atoms with Gasteiger partial charge in [0.1, 0.15) is 11.9 Å². The van der Waals surface area contributed by atoms with Gasteiger partial charge in [-0.25, -0.2) is 0 Å². The van der Waals surface area contributed by atoms with Crippen molar-refractivity contribution in [1.29, 1.82) is 0 Å². The molecule has 17 heavy (non-hydrogen) atoms. The minimum atomic E-state index is 0.327. The molecule has 0 aliphatic carbocycles. The van der Waals surface area contributed by atoms with Gasteiger partial charge in [-0.1, -0.05) is 25.5 Å². The van der Waals surface area contributed by atoms with Crippen LogP contribution in [-0.2, 0) is 16.1 Å². The number of epoxide rings is 1. The molecule has 3 heteroatoms. The molecule has 3 nitrogen and oxygen atoms in total. The molecule has 1 aromatic rings. The van der Waals surface area contributed by atoms with Gasteiger partial charge in [-0.2, -0.15) is 0 Å². The summed E-state index contributed by atoms with van der Waals surface area (Å²) >= 11 is 0. The van der Waals surface area contributed by atoms with Crippen molar-refractivity contribution >= 4 is 0 Å². The fourth-order valence-corrected chi connectivity index (χ4v) is 1.88. The molecule has 1 heterocycles. The molecule has 0 bridgehead atoms. The molecule has 1 fully saturated rings. The van der Waals surface area contributed by atoms with Crippen LogP contribution < -0.4 is 4.74 Å². The zero-order valence-electron chi connectivity index (χ0n) is 10.5. The van der Waals surface area contributed by atoms with Crippen molar-refractivity contribution in [3.8, 4) is 5.75 Å². The van der Waals surface area contributed by atoms with Crippen LogP contribution in [0.4, 0.5) is 0 Å². The first-order valence-corrected chi connectivity index (χ1v) is 6.19. The van der Waals surface area contributed by atoms with Gasteiger partial charge in [0, 0.05) is 0 Å². The van der Waals surface area contributed by atoms with E-state index in [1.165, 1.54) is 12.0 Å². The Morgan fingerprint density at radius 2 is 1.94 bits per heavy atom. The van der Waals surface area contributed by atoms with Gasteiger partial charge in [0.05, 0.1) is 26.4 Å². The molecule has 0 aromatic heterocycles. The van der Waals surface area contributed by atoms with E-state index in [0.29, 0.717) is 25.4 Å². The predicted octanol–water partition coefficient (Wildman–Crippen LogP) is 2.78. The zero-order chi connectivity index (χ0) is 12.1. The summed E-state index contributed by atoms with van der Waals surface area (Å²) in [4.78, 5) is 0. The molecule has 0 amide bonds. The van der Waals surface area contributed by atoms with Crippen LogP contribution in [0.2, 0.25) is 0 Å². The van der Waals surface area contributed by atoms with Crippen molar-refractivity contribution in [2.24, 2.45) is 0 Å². The van der Waals surface area contributed by atoms with Crippen LogP contribution >= 0.6 is 0 Å². The molecule has 1 aromatic carbocycles. The largest absolute Gasteiger partial charge is 0.497 e. The molecule has 1 aliphatic heterocycles. The lowest BCUT2D eigenvalue weighted by Gasteiger charge is -2.04. The summed E-state index contributed by atoms with van der Waals surface area (Å²) in [7, 11) is 1.67. The van der Waals surface area contributed by atoms with Gasteiger partial charge in [-0.15, -0.1) is 0 Å². The van der Waals surface area contributed by atoms with Crippen LogP contribution in [0.25, 0.3) is 0 Å². The average molecular weight is 236 g/mol. The Hall–Kier alpha value is -1.06. The van der Waals surface area contributed by atoms with Crippen molar-refractivity contribution in [3.05, 3.63) is 29.8 Å². The maximum atomic E-state index is 5.63. The number of rotatable bonds is 7. The standard InChI is InChI=1S/C14H20O3/c1-3-4-13-14(17-13)10-16-9-11-5-7-12(15-2)8-6-11/h5-8,13-14H,3-4,9-10H2,1-2H3/t13-,14+/m1/s1. The van der Waals surface area contributed by atoms with Crippen molar-refractivity contribution in [1.82, 2.24) is 0 Å². The summed E-state index contributed by atoms with van der Waals surface area (Å²) in [5, 5.41) is 0. The summed E-state index contributed by atoms with van der Waals surface area (Å²) in [5.74, 6) is 0.877. The first-order chi connectivity index (χ1) is 8.33. The monoisotopic (exact) mass is 236 g/mol. The minimum Gasteiger partial charge on any atom is -0.497 e. The molecule has 0 saturated carbocycles.